The van der Waals surface area contributed by atoms with Gasteiger partial charge >= 0.3 is 6.18 Å². The number of hydrogen-bond donors (Lipinski definition) is 1. The van der Waals surface area contributed by atoms with Crippen molar-refractivity contribution in [3.8, 4) is 0 Å². The molecule has 2 aromatic rings. The molecule has 1 heterocycles. The highest BCUT2D eigenvalue weighted by atomic mass is 79.9. The van der Waals surface area contributed by atoms with Gasteiger partial charge in [-0.25, -0.2) is 9.97 Å². The molecule has 106 valence electrons. The number of aryl methyl sites for hydroxylation is 1. The maximum absolute atomic E-state index is 12.6. The second-order valence-electron chi connectivity index (χ2n) is 3.99. The number of anilines is 2. The quantitative estimate of drug-likeness (QED) is 0.763. The van der Waals surface area contributed by atoms with Crippen LogP contribution in [0.2, 0.25) is 5.15 Å². The van der Waals surface area contributed by atoms with Crippen molar-refractivity contribution in [2.24, 2.45) is 0 Å². The molecule has 0 amide bonds. The summed E-state index contributed by atoms with van der Waals surface area (Å²) in [6.45, 7) is 1.90. The third-order valence-electron chi connectivity index (χ3n) is 2.39. The number of benzene rings is 1. The van der Waals surface area contributed by atoms with Crippen LogP contribution in [-0.2, 0) is 6.18 Å². The van der Waals surface area contributed by atoms with Crippen molar-refractivity contribution in [2.75, 3.05) is 5.32 Å². The fourth-order valence-electron chi connectivity index (χ4n) is 1.43. The first-order valence-corrected chi connectivity index (χ1v) is 6.58. The molecular weight excluding hydrogens is 359 g/mol. The van der Waals surface area contributed by atoms with Crippen molar-refractivity contribution >= 4 is 39.0 Å². The minimum atomic E-state index is -4.64. The zero-order chi connectivity index (χ0) is 14.9. The smallest absolute Gasteiger partial charge is 0.340 e. The van der Waals surface area contributed by atoms with Crippen LogP contribution in [-0.4, -0.2) is 9.97 Å². The molecular formula is C12H8BrClF3N3. The maximum Gasteiger partial charge on any atom is 0.451 e. The maximum atomic E-state index is 12.6. The molecule has 0 aliphatic heterocycles. The SMILES string of the molecule is Cc1ccc(Nc2cc(Cl)nc(C(F)(F)F)n2)cc1Br. The molecule has 3 nitrogen and oxygen atoms in total. The van der Waals surface area contributed by atoms with Crippen molar-refractivity contribution in [2.45, 2.75) is 13.1 Å². The van der Waals surface area contributed by atoms with E-state index >= 15 is 0 Å². The third-order valence-corrected chi connectivity index (χ3v) is 3.44. The highest BCUT2D eigenvalue weighted by molar-refractivity contribution is 9.10. The lowest BCUT2D eigenvalue weighted by Gasteiger charge is -2.10. The molecule has 0 unspecified atom stereocenters. The molecule has 0 spiro atoms. The van der Waals surface area contributed by atoms with Crippen LogP contribution >= 0.6 is 27.5 Å². The second kappa shape index (κ2) is 5.57. The summed E-state index contributed by atoms with van der Waals surface area (Å²) in [7, 11) is 0. The van der Waals surface area contributed by atoms with Gasteiger partial charge in [0.1, 0.15) is 11.0 Å². The van der Waals surface area contributed by atoms with E-state index in [1.165, 1.54) is 6.07 Å². The lowest BCUT2D eigenvalue weighted by atomic mass is 10.2. The van der Waals surface area contributed by atoms with Crippen LogP contribution in [0.15, 0.2) is 28.7 Å². The normalized spacial score (nSPS) is 11.5. The van der Waals surface area contributed by atoms with E-state index in [-0.39, 0.29) is 11.0 Å². The number of rotatable bonds is 2. The summed E-state index contributed by atoms with van der Waals surface area (Å²) in [5.41, 5.74) is 1.60. The minimum absolute atomic E-state index is 0.0203. The summed E-state index contributed by atoms with van der Waals surface area (Å²) in [5, 5.41) is 2.48. The molecule has 0 bridgehead atoms. The Morgan fingerprint density at radius 3 is 2.50 bits per heavy atom. The van der Waals surface area contributed by atoms with Crippen LogP contribution in [0.5, 0.6) is 0 Å². The number of nitrogens with one attached hydrogen (secondary N) is 1. The second-order valence-corrected chi connectivity index (χ2v) is 5.23. The molecule has 20 heavy (non-hydrogen) atoms. The summed E-state index contributed by atoms with van der Waals surface area (Å²) in [4.78, 5) is 6.56. The highest BCUT2D eigenvalue weighted by Gasteiger charge is 2.35. The largest absolute Gasteiger partial charge is 0.451 e. The van der Waals surface area contributed by atoms with Gasteiger partial charge in [0.25, 0.3) is 0 Å². The fraction of sp³-hybridized carbons (Fsp3) is 0.167. The van der Waals surface area contributed by atoms with Crippen molar-refractivity contribution in [1.29, 1.82) is 0 Å². The summed E-state index contributed by atoms with van der Waals surface area (Å²) >= 11 is 8.92. The van der Waals surface area contributed by atoms with Gasteiger partial charge in [0.15, 0.2) is 0 Å². The van der Waals surface area contributed by atoms with E-state index in [0.717, 1.165) is 10.0 Å². The first-order chi connectivity index (χ1) is 9.25. The molecule has 0 atom stereocenters. The number of aromatic nitrogens is 2. The van der Waals surface area contributed by atoms with Crippen LogP contribution < -0.4 is 5.32 Å². The van der Waals surface area contributed by atoms with Gasteiger partial charge in [0, 0.05) is 16.2 Å². The van der Waals surface area contributed by atoms with Gasteiger partial charge in [0.2, 0.25) is 5.82 Å². The van der Waals surface area contributed by atoms with Crippen LogP contribution in [0.25, 0.3) is 0 Å². The van der Waals surface area contributed by atoms with E-state index < -0.39 is 12.0 Å². The van der Waals surface area contributed by atoms with Gasteiger partial charge in [-0.05, 0) is 24.6 Å². The van der Waals surface area contributed by atoms with Crippen LogP contribution in [0.3, 0.4) is 0 Å². The van der Waals surface area contributed by atoms with E-state index in [1.54, 1.807) is 12.1 Å². The number of halogens is 5. The summed E-state index contributed by atoms with van der Waals surface area (Å²) in [6, 6.07) is 6.51. The first-order valence-electron chi connectivity index (χ1n) is 5.40. The van der Waals surface area contributed by atoms with Gasteiger partial charge in [0.05, 0.1) is 0 Å². The van der Waals surface area contributed by atoms with Crippen LogP contribution in [0, 0.1) is 6.92 Å². The molecule has 8 heteroatoms. The van der Waals surface area contributed by atoms with Crippen molar-refractivity contribution in [1.82, 2.24) is 9.97 Å². The first kappa shape index (κ1) is 15.1. The zero-order valence-corrected chi connectivity index (χ0v) is 12.4. The predicted molar refractivity (Wildman–Crippen MR) is 74.2 cm³/mol. The molecule has 1 aromatic heterocycles. The summed E-state index contributed by atoms with van der Waals surface area (Å²) < 4.78 is 38.6. The van der Waals surface area contributed by atoms with Gasteiger partial charge in [-0.1, -0.05) is 33.6 Å². The van der Waals surface area contributed by atoms with Gasteiger partial charge in [-0.3, -0.25) is 0 Å². The molecule has 0 radical (unpaired) electrons. The lowest BCUT2D eigenvalue weighted by Crippen LogP contribution is -2.12. The van der Waals surface area contributed by atoms with E-state index in [2.05, 4.69) is 31.2 Å². The Morgan fingerprint density at radius 2 is 1.90 bits per heavy atom. The predicted octanol–water partition coefficient (Wildman–Crippen LogP) is 4.96. The van der Waals surface area contributed by atoms with Crippen LogP contribution in [0.1, 0.15) is 11.4 Å². The molecule has 0 saturated carbocycles. The number of nitrogens with zero attached hydrogens (tertiary/aromatic N) is 2. The Kier molecular flexibility index (Phi) is 4.19. The van der Waals surface area contributed by atoms with E-state index in [0.29, 0.717) is 5.69 Å². The molecule has 2 rings (SSSR count). The monoisotopic (exact) mass is 365 g/mol. The molecule has 0 aliphatic carbocycles. The average Bonchev–Trinajstić information content (AvgIpc) is 2.32. The molecule has 0 saturated heterocycles. The topological polar surface area (TPSA) is 37.8 Å². The van der Waals surface area contributed by atoms with Crippen molar-refractivity contribution < 1.29 is 13.2 Å². The Balaban J connectivity index is 2.33. The van der Waals surface area contributed by atoms with Gasteiger partial charge in [-0.15, -0.1) is 0 Å². The van der Waals surface area contributed by atoms with Gasteiger partial charge < -0.3 is 5.32 Å². The molecule has 0 fully saturated rings. The Morgan fingerprint density at radius 1 is 1.20 bits per heavy atom. The lowest BCUT2D eigenvalue weighted by molar-refractivity contribution is -0.144. The minimum Gasteiger partial charge on any atom is -0.340 e. The van der Waals surface area contributed by atoms with Crippen LogP contribution in [0.4, 0.5) is 24.7 Å². The zero-order valence-electron chi connectivity index (χ0n) is 10.1. The van der Waals surface area contributed by atoms with Crippen molar-refractivity contribution in [3.63, 3.8) is 0 Å². The van der Waals surface area contributed by atoms with E-state index in [1.807, 2.05) is 13.0 Å². The molecule has 1 N–H and O–H groups in total. The summed E-state index contributed by atoms with van der Waals surface area (Å²) in [5.74, 6) is -1.30. The fourth-order valence-corrected chi connectivity index (χ4v) is 1.99. The molecule has 0 aliphatic rings. The van der Waals surface area contributed by atoms with Crippen molar-refractivity contribution in [3.05, 3.63) is 45.3 Å². The van der Waals surface area contributed by atoms with Gasteiger partial charge in [-0.2, -0.15) is 13.2 Å². The highest BCUT2D eigenvalue weighted by Crippen LogP contribution is 2.29. The third kappa shape index (κ3) is 3.61. The Hall–Kier alpha value is -1.34. The summed E-state index contributed by atoms with van der Waals surface area (Å²) in [6.07, 6.45) is -4.64. The Labute approximate surface area is 126 Å². The number of hydrogen-bond acceptors (Lipinski definition) is 3. The average molecular weight is 367 g/mol. The molecule has 1 aromatic carbocycles. The van der Waals surface area contributed by atoms with E-state index in [9.17, 15) is 13.2 Å². The van der Waals surface area contributed by atoms with E-state index in [4.69, 9.17) is 11.6 Å². The number of alkyl halides is 3. The Bertz CT molecular complexity index is 646. The standard InChI is InChI=1S/C12H8BrClF3N3/c1-6-2-3-7(4-8(6)13)18-10-5-9(14)19-11(20-10)12(15,16)17/h2-5H,1H3,(H,18,19,20).